The highest BCUT2D eigenvalue weighted by Crippen LogP contribution is 2.46. The minimum Gasteiger partial charge on any atom is -0.0656 e. The summed E-state index contributed by atoms with van der Waals surface area (Å²) in [6, 6.07) is 16.5. The van der Waals surface area contributed by atoms with Crippen LogP contribution in [0.25, 0.3) is 17.2 Å². The van der Waals surface area contributed by atoms with E-state index in [0.717, 1.165) is 0 Å². The number of benzene rings is 2. The zero-order chi connectivity index (χ0) is 21.9. The molecule has 31 heavy (non-hydrogen) atoms. The van der Waals surface area contributed by atoms with E-state index < -0.39 is 8.07 Å². The minimum atomic E-state index is -1.25. The number of rotatable bonds is 6. The van der Waals surface area contributed by atoms with Gasteiger partial charge in [-0.25, -0.2) is 0 Å². The van der Waals surface area contributed by atoms with Crippen molar-refractivity contribution in [2.24, 2.45) is 5.41 Å². The quantitative estimate of drug-likeness (QED) is 0.402. The van der Waals surface area contributed by atoms with Crippen LogP contribution in [0.2, 0.25) is 19.6 Å². The van der Waals surface area contributed by atoms with E-state index in [1.807, 2.05) is 0 Å². The first-order chi connectivity index (χ1) is 14.9. The van der Waals surface area contributed by atoms with Gasteiger partial charge in [-0.05, 0) is 59.8 Å². The molecule has 0 unspecified atom stereocenters. The maximum Gasteiger partial charge on any atom is 0.0775 e. The maximum atomic E-state index is 2.58. The standard InChI is InChI=1S/C30H42Si/c1-5-18-30(19-9-7-6-8-10-20-30)23-24-21-26-12-11-13-28(29(26)22-24)25-14-16-27(17-15-25)31(2,3)4/h11-17,22H,5-10,18-21,23H2,1-4H3. The number of hydrogen-bond acceptors (Lipinski definition) is 0. The van der Waals surface area contributed by atoms with Crippen LogP contribution < -0.4 is 5.19 Å². The Balaban J connectivity index is 1.60. The van der Waals surface area contributed by atoms with Crippen LogP contribution in [-0.4, -0.2) is 8.07 Å². The summed E-state index contributed by atoms with van der Waals surface area (Å²) in [5, 5.41) is 1.55. The fourth-order valence-corrected chi connectivity index (χ4v) is 7.30. The molecule has 0 aromatic heterocycles. The van der Waals surface area contributed by atoms with Gasteiger partial charge in [-0.2, -0.15) is 0 Å². The molecule has 0 radical (unpaired) electrons. The van der Waals surface area contributed by atoms with Gasteiger partial charge in [-0.15, -0.1) is 0 Å². The molecule has 0 spiro atoms. The number of fused-ring (bicyclic) bond motifs is 1. The molecule has 0 amide bonds. The molecule has 2 aliphatic rings. The zero-order valence-electron chi connectivity index (χ0n) is 20.4. The summed E-state index contributed by atoms with van der Waals surface area (Å²) in [7, 11) is -1.25. The molecular formula is C30H42Si. The highest BCUT2D eigenvalue weighted by molar-refractivity contribution is 6.88. The molecular weight excluding hydrogens is 388 g/mol. The summed E-state index contributed by atoms with van der Waals surface area (Å²) in [6.07, 6.45) is 17.9. The Morgan fingerprint density at radius 1 is 0.839 bits per heavy atom. The molecule has 2 aromatic rings. The predicted molar refractivity (Wildman–Crippen MR) is 141 cm³/mol. The molecule has 0 atom stereocenters. The third kappa shape index (κ3) is 5.25. The zero-order valence-corrected chi connectivity index (χ0v) is 21.4. The number of allylic oxidation sites excluding steroid dienone is 1. The van der Waals surface area contributed by atoms with Gasteiger partial charge in [0.2, 0.25) is 0 Å². The van der Waals surface area contributed by atoms with Crippen LogP contribution in [0.15, 0.2) is 48.0 Å². The Hall–Kier alpha value is -1.60. The molecule has 1 saturated carbocycles. The molecule has 166 valence electrons. The Labute approximate surface area is 192 Å². The molecule has 1 heteroatoms. The lowest BCUT2D eigenvalue weighted by atomic mass is 9.69. The molecule has 0 heterocycles. The van der Waals surface area contributed by atoms with Gasteiger partial charge in [0.15, 0.2) is 0 Å². The van der Waals surface area contributed by atoms with Crippen molar-refractivity contribution in [1.29, 1.82) is 0 Å². The third-order valence-corrected chi connectivity index (χ3v) is 9.89. The average molecular weight is 431 g/mol. The minimum absolute atomic E-state index is 0.558. The molecule has 2 aromatic carbocycles. The van der Waals surface area contributed by atoms with Crippen molar-refractivity contribution in [2.45, 2.75) is 97.2 Å². The van der Waals surface area contributed by atoms with Gasteiger partial charge in [0.25, 0.3) is 0 Å². The molecule has 4 rings (SSSR count). The van der Waals surface area contributed by atoms with Gasteiger partial charge < -0.3 is 0 Å². The topological polar surface area (TPSA) is 0 Å². The van der Waals surface area contributed by atoms with Crippen LogP contribution in [0.5, 0.6) is 0 Å². The van der Waals surface area contributed by atoms with E-state index in [0.29, 0.717) is 5.41 Å². The summed E-state index contributed by atoms with van der Waals surface area (Å²) in [6.45, 7) is 9.68. The second-order valence-electron chi connectivity index (χ2n) is 11.4. The van der Waals surface area contributed by atoms with Gasteiger partial charge in [-0.1, -0.05) is 124 Å². The Morgan fingerprint density at radius 2 is 1.52 bits per heavy atom. The Kier molecular flexibility index (Phi) is 6.91. The van der Waals surface area contributed by atoms with Crippen molar-refractivity contribution >= 4 is 19.3 Å². The van der Waals surface area contributed by atoms with Gasteiger partial charge >= 0.3 is 0 Å². The van der Waals surface area contributed by atoms with E-state index in [1.165, 1.54) is 87.3 Å². The summed E-state index contributed by atoms with van der Waals surface area (Å²) < 4.78 is 0. The predicted octanol–water partition coefficient (Wildman–Crippen LogP) is 8.76. The van der Waals surface area contributed by atoms with E-state index in [9.17, 15) is 0 Å². The first kappa shape index (κ1) is 22.6. The fourth-order valence-electron chi connectivity index (χ4n) is 6.13. The van der Waals surface area contributed by atoms with Crippen molar-refractivity contribution in [1.82, 2.24) is 0 Å². The van der Waals surface area contributed by atoms with Crippen molar-refractivity contribution in [3.8, 4) is 11.1 Å². The fraction of sp³-hybridized carbons (Fsp3) is 0.533. The van der Waals surface area contributed by atoms with E-state index in [4.69, 9.17) is 0 Å². The van der Waals surface area contributed by atoms with Crippen molar-refractivity contribution in [3.63, 3.8) is 0 Å². The molecule has 0 nitrogen and oxygen atoms in total. The summed E-state index contributed by atoms with van der Waals surface area (Å²) >= 11 is 0. The lowest BCUT2D eigenvalue weighted by Gasteiger charge is -2.36. The highest BCUT2D eigenvalue weighted by Gasteiger charge is 2.31. The number of hydrogen-bond donors (Lipinski definition) is 0. The van der Waals surface area contributed by atoms with Gasteiger partial charge in [-0.3, -0.25) is 0 Å². The second-order valence-corrected chi connectivity index (χ2v) is 16.5. The molecule has 2 aliphatic carbocycles. The maximum absolute atomic E-state index is 2.58. The van der Waals surface area contributed by atoms with Crippen LogP contribution in [-0.2, 0) is 6.42 Å². The van der Waals surface area contributed by atoms with Crippen LogP contribution in [0, 0.1) is 5.41 Å². The first-order valence-electron chi connectivity index (χ1n) is 12.8. The SMILES string of the molecule is CCCC1(CC2=Cc3c(cccc3-c3ccc([Si](C)(C)C)cc3)C2)CCCCCCC1. The van der Waals surface area contributed by atoms with Gasteiger partial charge in [0.05, 0.1) is 8.07 Å². The molecule has 1 fully saturated rings. The van der Waals surface area contributed by atoms with Gasteiger partial charge in [0.1, 0.15) is 0 Å². The van der Waals surface area contributed by atoms with Crippen LogP contribution in [0.4, 0.5) is 0 Å². The van der Waals surface area contributed by atoms with Crippen molar-refractivity contribution in [3.05, 3.63) is 59.2 Å². The van der Waals surface area contributed by atoms with Crippen LogP contribution >= 0.6 is 0 Å². The van der Waals surface area contributed by atoms with E-state index >= 15 is 0 Å². The summed E-state index contributed by atoms with van der Waals surface area (Å²) in [4.78, 5) is 0. The lowest BCUT2D eigenvalue weighted by Crippen LogP contribution is -2.37. The third-order valence-electron chi connectivity index (χ3n) is 7.82. The van der Waals surface area contributed by atoms with Crippen molar-refractivity contribution in [2.75, 3.05) is 0 Å². The van der Waals surface area contributed by atoms with Crippen LogP contribution in [0.1, 0.15) is 82.3 Å². The van der Waals surface area contributed by atoms with Crippen molar-refractivity contribution < 1.29 is 0 Å². The van der Waals surface area contributed by atoms with Crippen LogP contribution in [0.3, 0.4) is 0 Å². The monoisotopic (exact) mass is 430 g/mol. The highest BCUT2D eigenvalue weighted by atomic mass is 28.3. The Morgan fingerprint density at radius 3 is 2.16 bits per heavy atom. The van der Waals surface area contributed by atoms with E-state index in [2.05, 4.69) is 75.1 Å². The first-order valence-corrected chi connectivity index (χ1v) is 16.3. The summed E-state index contributed by atoms with van der Waals surface area (Å²) in [5.74, 6) is 0. The second kappa shape index (κ2) is 9.49. The Bertz CT molecular complexity index is 902. The molecule has 0 N–H and O–H groups in total. The lowest BCUT2D eigenvalue weighted by molar-refractivity contribution is 0.187. The average Bonchev–Trinajstić information content (AvgIpc) is 3.13. The van der Waals surface area contributed by atoms with E-state index in [1.54, 1.807) is 16.3 Å². The normalized spacial score (nSPS) is 18.8. The molecule has 0 bridgehead atoms. The summed E-state index contributed by atoms with van der Waals surface area (Å²) in [5.41, 5.74) is 8.09. The van der Waals surface area contributed by atoms with E-state index in [-0.39, 0.29) is 0 Å². The smallest absolute Gasteiger partial charge is 0.0656 e. The van der Waals surface area contributed by atoms with Gasteiger partial charge in [0, 0.05) is 0 Å². The largest absolute Gasteiger partial charge is 0.0775 e. The molecule has 0 aliphatic heterocycles. The molecule has 0 saturated heterocycles.